The van der Waals surface area contributed by atoms with Crippen molar-refractivity contribution >= 4 is 44.9 Å². The largest absolute Gasteiger partial charge is 0.465 e. The normalized spacial score (nSPS) is 13.5. The van der Waals surface area contributed by atoms with E-state index in [4.69, 9.17) is 9.47 Å². The number of ether oxygens (including phenoxy) is 3. The lowest BCUT2D eigenvalue weighted by molar-refractivity contribution is -0.151. The zero-order chi connectivity index (χ0) is 26.4. The monoisotopic (exact) mass is 570 g/mol. The van der Waals surface area contributed by atoms with E-state index in [0.29, 0.717) is 10.9 Å². The van der Waals surface area contributed by atoms with Crippen LogP contribution in [0.4, 0.5) is 5.69 Å². The summed E-state index contributed by atoms with van der Waals surface area (Å²) in [7, 11) is 3.08. The van der Waals surface area contributed by atoms with E-state index in [-0.39, 0.29) is 17.5 Å². The number of rotatable bonds is 5. The smallest absolute Gasteiger partial charge is 0.348 e. The molecule has 0 radical (unpaired) electrons. The van der Waals surface area contributed by atoms with Gasteiger partial charge < -0.3 is 24.8 Å². The zero-order valence-corrected chi connectivity index (χ0v) is 24.2. The Balaban J connectivity index is 0.000000427. The molecule has 2 N–H and O–H groups in total. The van der Waals surface area contributed by atoms with E-state index in [1.165, 1.54) is 25.4 Å². The van der Waals surface area contributed by atoms with Crippen molar-refractivity contribution in [1.29, 1.82) is 0 Å². The summed E-state index contributed by atoms with van der Waals surface area (Å²) in [6.45, 7) is 11.8. The second-order valence-corrected chi connectivity index (χ2v) is 10.7. The molecule has 1 aromatic heterocycles. The van der Waals surface area contributed by atoms with Gasteiger partial charge in [-0.2, -0.15) is 0 Å². The quantitative estimate of drug-likeness (QED) is 0.418. The lowest BCUT2D eigenvalue weighted by atomic mass is 10.1. The molecule has 3 rings (SSSR count). The van der Waals surface area contributed by atoms with Gasteiger partial charge in [0.25, 0.3) is 0 Å². The molecule has 1 aliphatic heterocycles. The van der Waals surface area contributed by atoms with Crippen LogP contribution in [0.2, 0.25) is 0 Å². The molecular formula is C26H39BrN2O5S. The van der Waals surface area contributed by atoms with Crippen LogP contribution in [0.3, 0.4) is 0 Å². The molecule has 1 fully saturated rings. The lowest BCUT2D eigenvalue weighted by Gasteiger charge is -2.24. The summed E-state index contributed by atoms with van der Waals surface area (Å²) in [5.41, 5.74) is 1.89. The van der Waals surface area contributed by atoms with Crippen LogP contribution >= 0.6 is 27.3 Å². The van der Waals surface area contributed by atoms with Crippen LogP contribution in [0.25, 0.3) is 10.4 Å². The third-order valence-corrected chi connectivity index (χ3v) is 6.70. The number of halogens is 1. The minimum absolute atomic E-state index is 0.225. The Hall–Kier alpha value is -1.94. The van der Waals surface area contributed by atoms with E-state index in [0.717, 1.165) is 53.1 Å². The van der Waals surface area contributed by atoms with Gasteiger partial charge in [0.15, 0.2) is 0 Å². The molecule has 196 valence electrons. The number of carbonyl (C=O) groups is 2. The highest BCUT2D eigenvalue weighted by atomic mass is 79.9. The Bertz CT molecular complexity index is 919. The number of esters is 2. The number of thiophene rings is 1. The van der Waals surface area contributed by atoms with Crippen molar-refractivity contribution in [1.82, 2.24) is 5.32 Å². The summed E-state index contributed by atoms with van der Waals surface area (Å²) in [4.78, 5) is 23.6. The highest BCUT2D eigenvalue weighted by molar-refractivity contribution is 9.10. The summed E-state index contributed by atoms with van der Waals surface area (Å²) in [5, 5.41) is 6.98. The van der Waals surface area contributed by atoms with Crippen LogP contribution in [0.5, 0.6) is 0 Å². The third-order valence-electron chi connectivity index (χ3n) is 4.65. The molecule has 0 amide bonds. The fraction of sp³-hybridized carbons (Fsp3) is 0.538. The molecule has 0 aliphatic carbocycles. The Morgan fingerprint density at radius 3 is 2.29 bits per heavy atom. The number of benzene rings is 1. The van der Waals surface area contributed by atoms with Crippen LogP contribution in [-0.2, 0) is 19.0 Å². The van der Waals surface area contributed by atoms with Crippen LogP contribution < -0.4 is 10.6 Å². The van der Waals surface area contributed by atoms with Crippen molar-refractivity contribution in [3.05, 3.63) is 39.7 Å². The highest BCUT2D eigenvalue weighted by Gasteiger charge is 2.16. The standard InChI is InChI=1S/C17H19BrN2O2S.C6H12O2.C3H8O/c1-22-17(21)15-10-14(18)16(23-15)11-3-2-4-13(9-11)20-12-5-7-19-8-6-12;1-5(7)8-6(2,3)4;1-3-4-2/h2-4,9-10,12,19-20H,5-8H2,1H3;1-4H3;3H2,1-2H3. The first-order valence-corrected chi connectivity index (χ1v) is 13.3. The molecule has 2 aromatic rings. The van der Waals surface area contributed by atoms with Crippen LogP contribution in [0.1, 0.15) is 57.1 Å². The summed E-state index contributed by atoms with van der Waals surface area (Å²) in [5.74, 6) is -0.525. The molecule has 0 unspecified atom stereocenters. The Labute approximate surface area is 222 Å². The van der Waals surface area contributed by atoms with Gasteiger partial charge in [-0.15, -0.1) is 11.3 Å². The van der Waals surface area contributed by atoms with E-state index in [9.17, 15) is 9.59 Å². The van der Waals surface area contributed by atoms with Crippen molar-refractivity contribution in [3.8, 4) is 10.4 Å². The molecule has 0 bridgehead atoms. The zero-order valence-electron chi connectivity index (χ0n) is 21.8. The molecule has 0 saturated carbocycles. The lowest BCUT2D eigenvalue weighted by Crippen LogP contribution is -2.35. The van der Waals surface area contributed by atoms with E-state index < -0.39 is 0 Å². The summed E-state index contributed by atoms with van der Waals surface area (Å²) in [6, 6.07) is 10.7. The van der Waals surface area contributed by atoms with Crippen molar-refractivity contribution in [3.63, 3.8) is 0 Å². The number of hydrogen-bond donors (Lipinski definition) is 2. The van der Waals surface area contributed by atoms with Crippen molar-refractivity contribution in [2.45, 2.75) is 59.1 Å². The average Bonchev–Trinajstić information content (AvgIpc) is 3.20. The van der Waals surface area contributed by atoms with E-state index in [1.807, 2.05) is 39.8 Å². The highest BCUT2D eigenvalue weighted by Crippen LogP contribution is 2.37. The molecule has 2 heterocycles. The molecule has 7 nitrogen and oxygen atoms in total. The first-order chi connectivity index (χ1) is 16.5. The van der Waals surface area contributed by atoms with E-state index >= 15 is 0 Å². The van der Waals surface area contributed by atoms with Crippen molar-refractivity contribution in [2.24, 2.45) is 0 Å². The van der Waals surface area contributed by atoms with Gasteiger partial charge in [-0.05, 0) is 93.3 Å². The van der Waals surface area contributed by atoms with Gasteiger partial charge >= 0.3 is 11.9 Å². The molecule has 0 atom stereocenters. The molecule has 1 aliphatic rings. The van der Waals surface area contributed by atoms with Gasteiger partial charge in [-0.3, -0.25) is 4.79 Å². The minimum Gasteiger partial charge on any atom is -0.465 e. The first-order valence-electron chi connectivity index (χ1n) is 11.6. The number of anilines is 1. The van der Waals surface area contributed by atoms with E-state index in [1.54, 1.807) is 7.11 Å². The summed E-state index contributed by atoms with van der Waals surface area (Å²) < 4.78 is 15.1. The number of methoxy groups -OCH3 is 2. The van der Waals surface area contributed by atoms with Gasteiger partial charge in [0.2, 0.25) is 0 Å². The van der Waals surface area contributed by atoms with Crippen molar-refractivity contribution in [2.75, 3.05) is 39.2 Å². The fourth-order valence-corrected chi connectivity index (χ4v) is 4.97. The number of nitrogens with one attached hydrogen (secondary N) is 2. The maximum atomic E-state index is 11.7. The third kappa shape index (κ3) is 12.5. The molecule has 35 heavy (non-hydrogen) atoms. The Kier molecular flexibility index (Phi) is 14.2. The predicted molar refractivity (Wildman–Crippen MR) is 147 cm³/mol. The fourth-order valence-electron chi connectivity index (χ4n) is 3.15. The topological polar surface area (TPSA) is 85.9 Å². The van der Waals surface area contributed by atoms with Crippen LogP contribution in [0, 0.1) is 0 Å². The minimum atomic E-state index is -0.328. The molecule has 1 saturated heterocycles. The van der Waals surface area contributed by atoms with Crippen molar-refractivity contribution < 1.29 is 23.8 Å². The SMILES string of the molecule is CC(=O)OC(C)(C)C.CCOC.COC(=O)c1cc(Br)c(-c2cccc(NC3CCNCC3)c2)s1. The van der Waals surface area contributed by atoms with Gasteiger partial charge in [-0.25, -0.2) is 4.79 Å². The maximum absolute atomic E-state index is 11.7. The Morgan fingerprint density at radius 2 is 1.80 bits per heavy atom. The summed E-state index contributed by atoms with van der Waals surface area (Å²) >= 11 is 4.99. The second kappa shape index (κ2) is 15.9. The van der Waals surface area contributed by atoms with Gasteiger partial charge in [0, 0.05) is 41.7 Å². The van der Waals surface area contributed by atoms with E-state index in [2.05, 4.69) is 49.5 Å². The first kappa shape index (κ1) is 31.1. The van der Waals surface area contributed by atoms with Crippen LogP contribution in [0.15, 0.2) is 34.8 Å². The van der Waals surface area contributed by atoms with Crippen LogP contribution in [-0.4, -0.2) is 57.5 Å². The summed E-state index contributed by atoms with van der Waals surface area (Å²) in [6.07, 6.45) is 2.28. The predicted octanol–water partition coefficient (Wildman–Crippen LogP) is 6.13. The molecule has 9 heteroatoms. The average molecular weight is 572 g/mol. The number of carbonyl (C=O) groups excluding carboxylic acids is 2. The van der Waals surface area contributed by atoms with Gasteiger partial charge in [0.1, 0.15) is 10.5 Å². The number of hydrogen-bond acceptors (Lipinski definition) is 8. The molecule has 1 aromatic carbocycles. The maximum Gasteiger partial charge on any atom is 0.348 e. The molecular weight excluding hydrogens is 532 g/mol. The second-order valence-electron chi connectivity index (χ2n) is 8.81. The van der Waals surface area contributed by atoms with Gasteiger partial charge in [-0.1, -0.05) is 12.1 Å². The number of piperidine rings is 1. The van der Waals surface area contributed by atoms with Gasteiger partial charge in [0.05, 0.1) is 7.11 Å². The Morgan fingerprint density at radius 1 is 1.17 bits per heavy atom. The molecule has 0 spiro atoms.